The van der Waals surface area contributed by atoms with Gasteiger partial charge in [0.1, 0.15) is 6.20 Å². The fraction of sp³-hybridized carbons (Fsp3) is 0.312. The maximum atomic E-state index is 13.5. The Hall–Kier alpha value is -3.17. The van der Waals surface area contributed by atoms with Crippen molar-refractivity contribution in [1.82, 2.24) is 9.97 Å². The van der Waals surface area contributed by atoms with Crippen molar-refractivity contribution in [2.45, 2.75) is 18.8 Å². The van der Waals surface area contributed by atoms with Crippen molar-refractivity contribution in [2.75, 3.05) is 18.0 Å². The first kappa shape index (κ1) is 17.6. The molecule has 3 rings (SSSR count). The smallest absolute Gasteiger partial charge is 0.370 e. The molecule has 1 aliphatic rings. The topological polar surface area (TPSA) is 115 Å². The van der Waals surface area contributed by atoms with E-state index >= 15 is 0 Å². The molecular weight excluding hydrogens is 348 g/mol. The maximum Gasteiger partial charge on any atom is 0.372 e. The molecule has 10 heteroatoms. The van der Waals surface area contributed by atoms with E-state index in [1.807, 2.05) is 0 Å². The largest absolute Gasteiger partial charge is 0.372 e. The van der Waals surface area contributed by atoms with Crippen LogP contribution in [0.15, 0.2) is 30.7 Å². The maximum absolute atomic E-state index is 13.5. The van der Waals surface area contributed by atoms with E-state index in [0.717, 1.165) is 6.20 Å². The lowest BCUT2D eigenvalue weighted by Crippen LogP contribution is -2.39. The zero-order valence-corrected chi connectivity index (χ0v) is 13.6. The number of halogens is 2. The number of pyridine rings is 2. The van der Waals surface area contributed by atoms with Crippen molar-refractivity contribution in [1.29, 1.82) is 0 Å². The number of nitrogens with zero attached hydrogens (tertiary/aromatic N) is 4. The summed E-state index contributed by atoms with van der Waals surface area (Å²) in [6, 6.07) is 2.85. The van der Waals surface area contributed by atoms with Crippen LogP contribution in [-0.2, 0) is 0 Å². The molecule has 0 atom stereocenters. The SMILES string of the molecule is NC(=O)c1ccnc([N+](=O)[O-])c1-c1cnccc1N1CCC(F)(F)CC1. The van der Waals surface area contributed by atoms with E-state index in [-0.39, 0.29) is 42.6 Å². The summed E-state index contributed by atoms with van der Waals surface area (Å²) in [6.45, 7) is 0.147. The van der Waals surface area contributed by atoms with Gasteiger partial charge in [0.15, 0.2) is 0 Å². The third-order valence-electron chi connectivity index (χ3n) is 4.27. The van der Waals surface area contributed by atoms with Gasteiger partial charge in [-0.2, -0.15) is 0 Å². The Morgan fingerprint density at radius 2 is 1.96 bits per heavy atom. The Kier molecular flexibility index (Phi) is 4.49. The van der Waals surface area contributed by atoms with E-state index in [9.17, 15) is 23.7 Å². The first-order valence-electron chi connectivity index (χ1n) is 7.80. The number of piperidine rings is 1. The number of anilines is 1. The summed E-state index contributed by atoms with van der Waals surface area (Å²) >= 11 is 0. The third-order valence-corrected chi connectivity index (χ3v) is 4.27. The van der Waals surface area contributed by atoms with Gasteiger partial charge in [-0.05, 0) is 22.0 Å². The number of alkyl halides is 2. The Bertz CT molecular complexity index is 832. The Balaban J connectivity index is 2.15. The quantitative estimate of drug-likeness (QED) is 0.659. The van der Waals surface area contributed by atoms with Gasteiger partial charge in [0.05, 0.1) is 11.1 Å². The molecule has 8 nitrogen and oxygen atoms in total. The fourth-order valence-electron chi connectivity index (χ4n) is 2.99. The highest BCUT2D eigenvalue weighted by atomic mass is 19.3. The molecule has 1 amide bonds. The fourth-order valence-corrected chi connectivity index (χ4v) is 2.99. The van der Waals surface area contributed by atoms with Gasteiger partial charge in [-0.1, -0.05) is 0 Å². The summed E-state index contributed by atoms with van der Waals surface area (Å²) < 4.78 is 26.9. The lowest BCUT2D eigenvalue weighted by molar-refractivity contribution is -0.388. The molecular formula is C16H15F2N5O3. The summed E-state index contributed by atoms with van der Waals surface area (Å²) in [5, 5.41) is 11.4. The van der Waals surface area contributed by atoms with Gasteiger partial charge >= 0.3 is 5.82 Å². The Morgan fingerprint density at radius 1 is 1.27 bits per heavy atom. The number of amides is 1. The summed E-state index contributed by atoms with van der Waals surface area (Å²) in [6.07, 6.45) is 3.27. The van der Waals surface area contributed by atoms with Crippen molar-refractivity contribution >= 4 is 17.4 Å². The van der Waals surface area contributed by atoms with E-state index in [0.29, 0.717) is 5.69 Å². The number of carbonyl (C=O) groups is 1. The molecule has 0 aromatic carbocycles. The minimum atomic E-state index is -2.73. The molecule has 26 heavy (non-hydrogen) atoms. The summed E-state index contributed by atoms with van der Waals surface area (Å²) in [5.74, 6) is -4.13. The number of hydrogen-bond acceptors (Lipinski definition) is 6. The number of carbonyl (C=O) groups excluding carboxylic acids is 1. The first-order valence-corrected chi connectivity index (χ1v) is 7.80. The van der Waals surface area contributed by atoms with Crippen LogP contribution in [0.5, 0.6) is 0 Å². The number of hydrogen-bond donors (Lipinski definition) is 1. The van der Waals surface area contributed by atoms with E-state index in [4.69, 9.17) is 5.73 Å². The van der Waals surface area contributed by atoms with E-state index in [1.165, 1.54) is 18.5 Å². The molecule has 0 radical (unpaired) electrons. The van der Waals surface area contributed by atoms with Crippen LogP contribution in [-0.4, -0.2) is 39.8 Å². The predicted octanol–water partition coefficient (Wildman–Crippen LogP) is 2.39. The normalized spacial score (nSPS) is 16.3. The van der Waals surface area contributed by atoms with Crippen LogP contribution in [0.25, 0.3) is 11.1 Å². The second-order valence-electron chi connectivity index (χ2n) is 5.91. The van der Waals surface area contributed by atoms with E-state index in [2.05, 4.69) is 9.97 Å². The molecule has 0 unspecified atom stereocenters. The highest BCUT2D eigenvalue weighted by Crippen LogP contribution is 2.39. The highest BCUT2D eigenvalue weighted by Gasteiger charge is 2.35. The van der Waals surface area contributed by atoms with Crippen LogP contribution in [0.1, 0.15) is 23.2 Å². The predicted molar refractivity (Wildman–Crippen MR) is 89.0 cm³/mol. The van der Waals surface area contributed by atoms with Crippen LogP contribution in [0.4, 0.5) is 20.3 Å². The molecule has 1 fully saturated rings. The molecule has 136 valence electrons. The zero-order valence-electron chi connectivity index (χ0n) is 13.6. The molecule has 0 saturated carbocycles. The van der Waals surface area contributed by atoms with Crippen molar-refractivity contribution in [3.8, 4) is 11.1 Å². The molecule has 2 aromatic heterocycles. The lowest BCUT2D eigenvalue weighted by Gasteiger charge is -2.34. The van der Waals surface area contributed by atoms with Crippen molar-refractivity contribution in [3.63, 3.8) is 0 Å². The highest BCUT2D eigenvalue weighted by molar-refractivity contribution is 6.03. The summed E-state index contributed by atoms with van der Waals surface area (Å²) in [4.78, 5) is 31.9. The van der Waals surface area contributed by atoms with E-state index in [1.54, 1.807) is 11.0 Å². The Labute approximate surface area is 146 Å². The number of nitro groups is 1. The molecule has 3 heterocycles. The van der Waals surface area contributed by atoms with Gasteiger partial charge in [-0.25, -0.2) is 8.78 Å². The Morgan fingerprint density at radius 3 is 2.58 bits per heavy atom. The summed E-state index contributed by atoms with van der Waals surface area (Å²) in [7, 11) is 0. The van der Waals surface area contributed by atoms with Crippen LogP contribution < -0.4 is 10.6 Å². The van der Waals surface area contributed by atoms with Gasteiger partial charge in [0.2, 0.25) is 5.91 Å². The van der Waals surface area contributed by atoms with E-state index < -0.39 is 22.6 Å². The van der Waals surface area contributed by atoms with Gasteiger partial charge < -0.3 is 20.7 Å². The van der Waals surface area contributed by atoms with Gasteiger partial charge in [-0.3, -0.25) is 9.78 Å². The minimum absolute atomic E-state index is 0.0644. The second-order valence-corrected chi connectivity index (χ2v) is 5.91. The monoisotopic (exact) mass is 363 g/mol. The number of rotatable bonds is 4. The van der Waals surface area contributed by atoms with Gasteiger partial charge in [-0.15, -0.1) is 0 Å². The molecule has 0 spiro atoms. The second kappa shape index (κ2) is 6.62. The molecule has 0 bridgehead atoms. The molecule has 1 aliphatic heterocycles. The first-order chi connectivity index (χ1) is 12.3. The number of primary amides is 1. The average molecular weight is 363 g/mol. The summed E-state index contributed by atoms with van der Waals surface area (Å²) in [5.41, 5.74) is 5.94. The molecule has 1 saturated heterocycles. The lowest BCUT2D eigenvalue weighted by atomic mass is 9.98. The van der Waals surface area contributed by atoms with Gasteiger partial charge in [0, 0.05) is 49.6 Å². The molecule has 2 N–H and O–H groups in total. The van der Waals surface area contributed by atoms with Crippen LogP contribution >= 0.6 is 0 Å². The number of nitrogens with two attached hydrogens (primary N) is 1. The van der Waals surface area contributed by atoms with Crippen molar-refractivity contribution in [2.24, 2.45) is 5.73 Å². The van der Waals surface area contributed by atoms with Gasteiger partial charge in [0.25, 0.3) is 5.92 Å². The van der Waals surface area contributed by atoms with Crippen molar-refractivity contribution in [3.05, 3.63) is 46.4 Å². The molecule has 2 aromatic rings. The number of aromatic nitrogens is 2. The molecule has 0 aliphatic carbocycles. The van der Waals surface area contributed by atoms with Crippen LogP contribution in [0.2, 0.25) is 0 Å². The minimum Gasteiger partial charge on any atom is -0.370 e. The van der Waals surface area contributed by atoms with Crippen LogP contribution in [0, 0.1) is 10.1 Å². The van der Waals surface area contributed by atoms with Crippen LogP contribution in [0.3, 0.4) is 0 Å². The third kappa shape index (κ3) is 3.30. The average Bonchev–Trinajstić information content (AvgIpc) is 2.61. The zero-order chi connectivity index (χ0) is 18.9. The standard InChI is InChI=1S/C16H15F2N5O3/c17-16(18)3-7-22(8-4-16)12-2-5-20-9-11(12)13-10(14(19)24)1-6-21-15(13)23(25)26/h1-2,5-6,9H,3-4,7-8H2,(H2,19,24). The van der Waals surface area contributed by atoms with Crippen molar-refractivity contribution < 1.29 is 18.5 Å².